The van der Waals surface area contributed by atoms with Crippen molar-refractivity contribution in [3.05, 3.63) is 59.0 Å². The lowest BCUT2D eigenvalue weighted by Crippen LogP contribution is -2.35. The van der Waals surface area contributed by atoms with Crippen LogP contribution in [0, 0.1) is 12.8 Å². The zero-order chi connectivity index (χ0) is 27.8. The summed E-state index contributed by atoms with van der Waals surface area (Å²) in [4.78, 5) is 11.5. The van der Waals surface area contributed by atoms with Crippen LogP contribution in [0.4, 0.5) is 0 Å². The number of nitrogens with two attached hydrogens (primary N) is 1. The van der Waals surface area contributed by atoms with Gasteiger partial charge in [0.2, 0.25) is 0 Å². The Kier molecular flexibility index (Phi) is 15.5. The monoisotopic (exact) mass is 525 g/mol. The number of rotatable bonds is 13. The number of nitrogens with one attached hydrogen (secondary N) is 2. The van der Waals surface area contributed by atoms with Crippen molar-refractivity contribution in [1.82, 2.24) is 30.1 Å². The molecule has 0 aromatic carbocycles. The van der Waals surface area contributed by atoms with Crippen LogP contribution in [-0.4, -0.2) is 52.7 Å². The summed E-state index contributed by atoms with van der Waals surface area (Å²) in [6.45, 7) is 15.8. The molecule has 2 heterocycles. The zero-order valence-electron chi connectivity index (χ0n) is 25.1. The molecule has 2 aromatic heterocycles. The van der Waals surface area contributed by atoms with E-state index in [-0.39, 0.29) is 6.17 Å². The molecule has 0 radical (unpaired) electrons. The quantitative estimate of drug-likeness (QED) is 0.314. The van der Waals surface area contributed by atoms with E-state index in [1.807, 2.05) is 26.1 Å². The molecule has 0 bridgehead atoms. The summed E-state index contributed by atoms with van der Waals surface area (Å²) in [5.74, 6) is 1.92. The summed E-state index contributed by atoms with van der Waals surface area (Å²) in [7, 11) is 2.15. The fourth-order valence-electron chi connectivity index (χ4n) is 4.79. The van der Waals surface area contributed by atoms with E-state index in [4.69, 9.17) is 10.7 Å². The average molecular weight is 526 g/mol. The lowest BCUT2D eigenvalue weighted by atomic mass is 9.96. The predicted molar refractivity (Wildman–Crippen MR) is 161 cm³/mol. The fraction of sp³-hybridized carbons (Fsp3) is 0.677. The van der Waals surface area contributed by atoms with E-state index >= 15 is 0 Å². The Hall–Kier alpha value is -2.06. The second-order valence-corrected chi connectivity index (χ2v) is 10.2. The van der Waals surface area contributed by atoms with Crippen molar-refractivity contribution >= 4 is 0 Å². The SMILES string of the molecule is C/C=C\CC(NCCN(C)CC)n1c(C)nc(CNCC2CC2)c1CN.CC.c1cnc2c(c1)CCCC2. The molecule has 1 atom stereocenters. The van der Waals surface area contributed by atoms with Crippen LogP contribution in [0.2, 0.25) is 0 Å². The number of imidazole rings is 1. The normalized spacial score (nSPS) is 15.5. The minimum Gasteiger partial charge on any atom is -0.325 e. The van der Waals surface area contributed by atoms with Gasteiger partial charge in [-0.3, -0.25) is 10.3 Å². The third-order valence-corrected chi connectivity index (χ3v) is 7.30. The standard InChI is InChI=1S/C20H38N6.C9H11N.C2H6/c1-5-7-8-20(23-11-12-25(4)6-2)26-16(3)24-18(19(26)13-21)15-22-14-17-9-10-17;1-2-6-9-8(4-1)5-3-7-10-9;1-2/h5,7,17,20,22-23H,6,8-15,21H2,1-4H3;3,5,7H,1-2,4,6H2;1-2H3/b7-5-;;. The van der Waals surface area contributed by atoms with E-state index in [9.17, 15) is 0 Å². The summed E-state index contributed by atoms with van der Waals surface area (Å²) in [6, 6.07) is 4.23. The highest BCUT2D eigenvalue weighted by Crippen LogP contribution is 2.28. The smallest absolute Gasteiger partial charge is 0.107 e. The molecule has 4 N–H and O–H groups in total. The first kappa shape index (κ1) is 32.2. The highest BCUT2D eigenvalue weighted by molar-refractivity contribution is 5.22. The first-order valence-electron chi connectivity index (χ1n) is 15.0. The molecule has 0 spiro atoms. The van der Waals surface area contributed by atoms with Gasteiger partial charge in [-0.2, -0.15) is 0 Å². The number of pyridine rings is 1. The van der Waals surface area contributed by atoms with Gasteiger partial charge in [-0.05, 0) is 96.5 Å². The Morgan fingerprint density at radius 2 is 2.00 bits per heavy atom. The minimum atomic E-state index is 0.194. The van der Waals surface area contributed by atoms with Gasteiger partial charge in [-0.15, -0.1) is 0 Å². The molecule has 38 heavy (non-hydrogen) atoms. The third kappa shape index (κ3) is 10.6. The van der Waals surface area contributed by atoms with E-state index in [0.717, 1.165) is 62.3 Å². The van der Waals surface area contributed by atoms with Crippen molar-refractivity contribution < 1.29 is 0 Å². The van der Waals surface area contributed by atoms with Crippen LogP contribution in [-0.2, 0) is 25.9 Å². The van der Waals surface area contributed by atoms with Gasteiger partial charge in [-0.1, -0.05) is 39.0 Å². The molecule has 7 nitrogen and oxygen atoms in total. The molecule has 0 aliphatic heterocycles. The minimum absolute atomic E-state index is 0.194. The van der Waals surface area contributed by atoms with E-state index < -0.39 is 0 Å². The van der Waals surface area contributed by atoms with Gasteiger partial charge in [0, 0.05) is 38.1 Å². The van der Waals surface area contributed by atoms with Crippen LogP contribution >= 0.6 is 0 Å². The van der Waals surface area contributed by atoms with Crippen molar-refractivity contribution in [2.45, 2.75) is 98.8 Å². The summed E-state index contributed by atoms with van der Waals surface area (Å²) < 4.78 is 2.31. The van der Waals surface area contributed by atoms with Gasteiger partial charge in [-0.25, -0.2) is 4.98 Å². The summed E-state index contributed by atoms with van der Waals surface area (Å²) in [6.07, 6.45) is 15.2. The van der Waals surface area contributed by atoms with Crippen molar-refractivity contribution in [2.24, 2.45) is 11.7 Å². The Morgan fingerprint density at radius 1 is 1.24 bits per heavy atom. The second-order valence-electron chi connectivity index (χ2n) is 10.2. The Labute approximate surface area is 232 Å². The molecule has 1 saturated carbocycles. The molecule has 1 fully saturated rings. The lowest BCUT2D eigenvalue weighted by Gasteiger charge is -2.24. The number of aromatic nitrogens is 3. The number of likely N-dealkylation sites (N-methyl/N-ethyl adjacent to an activating group) is 1. The lowest BCUT2D eigenvalue weighted by molar-refractivity contribution is 0.315. The molecule has 7 heteroatoms. The molecule has 2 aliphatic rings. The van der Waals surface area contributed by atoms with E-state index in [1.54, 1.807) is 0 Å². The number of nitrogens with zero attached hydrogens (tertiary/aromatic N) is 4. The molecule has 0 amide bonds. The maximum atomic E-state index is 6.13. The zero-order valence-corrected chi connectivity index (χ0v) is 25.1. The van der Waals surface area contributed by atoms with E-state index in [0.29, 0.717) is 6.54 Å². The first-order valence-corrected chi connectivity index (χ1v) is 15.0. The van der Waals surface area contributed by atoms with Crippen LogP contribution in [0.15, 0.2) is 30.5 Å². The number of allylic oxidation sites excluding steroid dienone is 1. The molecular formula is C31H55N7. The molecule has 2 aromatic rings. The Bertz CT molecular complexity index is 907. The molecule has 214 valence electrons. The highest BCUT2D eigenvalue weighted by atomic mass is 15.2. The van der Waals surface area contributed by atoms with Gasteiger partial charge in [0.25, 0.3) is 0 Å². The average Bonchev–Trinajstić information content (AvgIpc) is 3.73. The van der Waals surface area contributed by atoms with Crippen LogP contribution in [0.1, 0.15) is 94.4 Å². The van der Waals surface area contributed by atoms with Crippen LogP contribution in [0.25, 0.3) is 0 Å². The van der Waals surface area contributed by atoms with Gasteiger partial charge in [0.05, 0.1) is 17.6 Å². The Morgan fingerprint density at radius 3 is 2.66 bits per heavy atom. The van der Waals surface area contributed by atoms with E-state index in [2.05, 4.69) is 71.1 Å². The van der Waals surface area contributed by atoms with Crippen molar-refractivity contribution in [2.75, 3.05) is 33.2 Å². The first-order chi connectivity index (χ1) is 18.6. The molecule has 4 rings (SSSR count). The molecule has 0 saturated heterocycles. The molecular weight excluding hydrogens is 470 g/mol. The maximum Gasteiger partial charge on any atom is 0.107 e. The van der Waals surface area contributed by atoms with Crippen LogP contribution < -0.4 is 16.4 Å². The van der Waals surface area contributed by atoms with Crippen LogP contribution in [0.5, 0.6) is 0 Å². The number of aryl methyl sites for hydroxylation is 3. The molecule has 1 unspecified atom stereocenters. The Balaban J connectivity index is 0.000000347. The van der Waals surface area contributed by atoms with Gasteiger partial charge in [0.1, 0.15) is 5.82 Å². The van der Waals surface area contributed by atoms with Crippen molar-refractivity contribution in [1.29, 1.82) is 0 Å². The van der Waals surface area contributed by atoms with Crippen LogP contribution in [0.3, 0.4) is 0 Å². The number of hydrogen-bond acceptors (Lipinski definition) is 6. The second kappa shape index (κ2) is 18.3. The summed E-state index contributed by atoms with van der Waals surface area (Å²) in [5, 5.41) is 7.26. The van der Waals surface area contributed by atoms with Crippen molar-refractivity contribution in [3.8, 4) is 0 Å². The van der Waals surface area contributed by atoms with Crippen molar-refractivity contribution in [3.63, 3.8) is 0 Å². The number of fused-ring (bicyclic) bond motifs is 1. The third-order valence-electron chi connectivity index (χ3n) is 7.30. The van der Waals surface area contributed by atoms with Gasteiger partial charge >= 0.3 is 0 Å². The summed E-state index contributed by atoms with van der Waals surface area (Å²) >= 11 is 0. The van der Waals surface area contributed by atoms with Gasteiger partial charge < -0.3 is 20.5 Å². The largest absolute Gasteiger partial charge is 0.325 e. The topological polar surface area (TPSA) is 84.0 Å². The predicted octanol–water partition coefficient (Wildman–Crippen LogP) is 5.14. The highest BCUT2D eigenvalue weighted by Gasteiger charge is 2.22. The van der Waals surface area contributed by atoms with Gasteiger partial charge in [0.15, 0.2) is 0 Å². The number of hydrogen-bond donors (Lipinski definition) is 3. The van der Waals surface area contributed by atoms with E-state index in [1.165, 1.54) is 49.8 Å². The maximum absolute atomic E-state index is 6.13. The summed E-state index contributed by atoms with van der Waals surface area (Å²) in [5.41, 5.74) is 11.2. The molecule has 2 aliphatic carbocycles. The fourth-order valence-corrected chi connectivity index (χ4v) is 4.79.